The van der Waals surface area contributed by atoms with Crippen molar-refractivity contribution in [3.63, 3.8) is 0 Å². The molecule has 1 aliphatic heterocycles. The predicted molar refractivity (Wildman–Crippen MR) is 78.9 cm³/mol. The Morgan fingerprint density at radius 3 is 2.79 bits per heavy atom. The first-order valence-corrected chi connectivity index (χ1v) is 7.01. The van der Waals surface area contributed by atoms with Crippen molar-refractivity contribution in [2.45, 2.75) is 38.4 Å². The molecular formula is C15H26N4. The van der Waals surface area contributed by atoms with Gasteiger partial charge in [-0.15, -0.1) is 0 Å². The van der Waals surface area contributed by atoms with E-state index in [1.165, 1.54) is 0 Å². The molecule has 106 valence electrons. The lowest BCUT2D eigenvalue weighted by Crippen LogP contribution is -2.53. The molecule has 0 bridgehead atoms. The second-order valence-electron chi connectivity index (χ2n) is 6.02. The third kappa shape index (κ3) is 2.96. The minimum Gasteiger partial charge on any atom is -0.329 e. The number of rotatable bonds is 4. The molecule has 0 amide bonds. The monoisotopic (exact) mass is 262 g/mol. The van der Waals surface area contributed by atoms with Crippen molar-refractivity contribution in [1.29, 1.82) is 0 Å². The molecule has 0 saturated carbocycles. The summed E-state index contributed by atoms with van der Waals surface area (Å²) < 4.78 is 0. The van der Waals surface area contributed by atoms with Crippen LogP contribution in [0.25, 0.3) is 0 Å². The molecule has 1 saturated heterocycles. The van der Waals surface area contributed by atoms with E-state index in [9.17, 15) is 0 Å². The van der Waals surface area contributed by atoms with Crippen LogP contribution < -0.4 is 5.73 Å². The van der Waals surface area contributed by atoms with Gasteiger partial charge in [0.05, 0.1) is 5.69 Å². The first-order valence-electron chi connectivity index (χ1n) is 7.01. The Labute approximate surface area is 116 Å². The van der Waals surface area contributed by atoms with E-state index in [-0.39, 0.29) is 5.54 Å². The molecule has 0 radical (unpaired) electrons. The molecule has 4 nitrogen and oxygen atoms in total. The van der Waals surface area contributed by atoms with E-state index in [2.05, 4.69) is 47.9 Å². The second-order valence-corrected chi connectivity index (χ2v) is 6.02. The summed E-state index contributed by atoms with van der Waals surface area (Å²) in [6, 6.07) is 6.80. The fourth-order valence-corrected chi connectivity index (χ4v) is 3.07. The molecule has 2 heterocycles. The van der Waals surface area contributed by atoms with Gasteiger partial charge in [-0.3, -0.25) is 9.88 Å². The molecule has 0 aromatic carbocycles. The number of aryl methyl sites for hydroxylation is 1. The maximum absolute atomic E-state index is 6.09. The Balaban J connectivity index is 2.12. The minimum absolute atomic E-state index is 0.0829. The lowest BCUT2D eigenvalue weighted by molar-refractivity contribution is 0.124. The van der Waals surface area contributed by atoms with Gasteiger partial charge in [-0.05, 0) is 46.5 Å². The van der Waals surface area contributed by atoms with Gasteiger partial charge in [0.1, 0.15) is 0 Å². The van der Waals surface area contributed by atoms with Gasteiger partial charge in [-0.1, -0.05) is 6.07 Å². The summed E-state index contributed by atoms with van der Waals surface area (Å²) >= 11 is 0. The highest BCUT2D eigenvalue weighted by atomic mass is 15.3. The largest absolute Gasteiger partial charge is 0.329 e. The van der Waals surface area contributed by atoms with Gasteiger partial charge in [0.25, 0.3) is 0 Å². The molecule has 4 heteroatoms. The number of aromatic nitrogens is 1. The fraction of sp³-hybridized carbons (Fsp3) is 0.667. The van der Waals surface area contributed by atoms with Crippen LogP contribution in [0.5, 0.6) is 0 Å². The van der Waals surface area contributed by atoms with Gasteiger partial charge in [-0.2, -0.15) is 0 Å². The van der Waals surface area contributed by atoms with Crippen LogP contribution in [0.4, 0.5) is 0 Å². The zero-order chi connectivity index (χ0) is 14.0. The Hall–Kier alpha value is -0.970. The van der Waals surface area contributed by atoms with Gasteiger partial charge in [0.2, 0.25) is 0 Å². The van der Waals surface area contributed by atoms with Crippen molar-refractivity contribution >= 4 is 0 Å². The smallest absolute Gasteiger partial charge is 0.0547 e. The topological polar surface area (TPSA) is 45.4 Å². The molecule has 2 atom stereocenters. The fourth-order valence-electron chi connectivity index (χ4n) is 3.07. The molecule has 2 rings (SSSR count). The molecule has 2 N–H and O–H groups in total. The van der Waals surface area contributed by atoms with Crippen molar-refractivity contribution in [2.24, 2.45) is 5.73 Å². The predicted octanol–water partition coefficient (Wildman–Crippen LogP) is 1.24. The lowest BCUT2D eigenvalue weighted by Gasteiger charge is -2.37. The molecule has 1 fully saturated rings. The van der Waals surface area contributed by atoms with Gasteiger partial charge in [-0.25, -0.2) is 0 Å². The van der Waals surface area contributed by atoms with E-state index in [4.69, 9.17) is 5.73 Å². The normalized spacial score (nSPS) is 28.2. The summed E-state index contributed by atoms with van der Waals surface area (Å²) in [6.07, 6.45) is 1.13. The SMILES string of the molecule is Cc1cccc(CN(C)C2(CN)CC(C)N(C)C2)n1. The van der Waals surface area contributed by atoms with E-state index >= 15 is 0 Å². The van der Waals surface area contributed by atoms with Crippen LogP contribution in [0.15, 0.2) is 18.2 Å². The van der Waals surface area contributed by atoms with Crippen LogP contribution in [0.1, 0.15) is 24.7 Å². The van der Waals surface area contributed by atoms with Crippen LogP contribution in [-0.2, 0) is 6.54 Å². The van der Waals surface area contributed by atoms with Crippen LogP contribution in [0.2, 0.25) is 0 Å². The Morgan fingerprint density at radius 1 is 1.53 bits per heavy atom. The van der Waals surface area contributed by atoms with Crippen molar-refractivity contribution in [2.75, 3.05) is 27.2 Å². The van der Waals surface area contributed by atoms with Gasteiger partial charge < -0.3 is 10.6 Å². The number of pyridine rings is 1. The minimum atomic E-state index is 0.0829. The summed E-state index contributed by atoms with van der Waals surface area (Å²) in [4.78, 5) is 9.37. The lowest BCUT2D eigenvalue weighted by atomic mass is 9.94. The first-order chi connectivity index (χ1) is 8.97. The standard InChI is InChI=1S/C15H26N4/c1-12-6-5-7-14(17-12)9-19(4)15(10-16)8-13(2)18(3)11-15/h5-7,13H,8-11,16H2,1-4H3. The summed E-state index contributed by atoms with van der Waals surface area (Å²) in [5.41, 5.74) is 8.37. The summed E-state index contributed by atoms with van der Waals surface area (Å²) in [5, 5.41) is 0. The van der Waals surface area contributed by atoms with E-state index in [1.54, 1.807) is 0 Å². The van der Waals surface area contributed by atoms with E-state index in [1.807, 2.05) is 13.0 Å². The molecule has 19 heavy (non-hydrogen) atoms. The number of hydrogen-bond donors (Lipinski definition) is 1. The number of likely N-dealkylation sites (N-methyl/N-ethyl adjacent to an activating group) is 2. The van der Waals surface area contributed by atoms with Crippen molar-refractivity contribution < 1.29 is 0 Å². The highest BCUT2D eigenvalue weighted by Crippen LogP contribution is 2.30. The summed E-state index contributed by atoms with van der Waals surface area (Å²) in [6.45, 7) is 6.90. The molecular weight excluding hydrogens is 236 g/mol. The Bertz CT molecular complexity index is 422. The molecule has 1 aromatic heterocycles. The molecule has 1 aliphatic rings. The Kier molecular flexibility index (Phi) is 4.23. The molecule has 0 aliphatic carbocycles. The average molecular weight is 262 g/mol. The third-order valence-electron chi connectivity index (χ3n) is 4.51. The highest BCUT2D eigenvalue weighted by Gasteiger charge is 2.42. The zero-order valence-electron chi connectivity index (χ0n) is 12.6. The van der Waals surface area contributed by atoms with Crippen LogP contribution in [-0.4, -0.2) is 53.5 Å². The van der Waals surface area contributed by atoms with Crippen molar-refractivity contribution in [3.05, 3.63) is 29.6 Å². The van der Waals surface area contributed by atoms with Crippen molar-refractivity contribution in [3.8, 4) is 0 Å². The summed E-state index contributed by atoms with van der Waals surface area (Å²) in [7, 11) is 4.35. The summed E-state index contributed by atoms with van der Waals surface area (Å²) in [5.74, 6) is 0. The van der Waals surface area contributed by atoms with Gasteiger partial charge in [0.15, 0.2) is 0 Å². The second kappa shape index (κ2) is 5.57. The van der Waals surface area contributed by atoms with E-state index < -0.39 is 0 Å². The maximum Gasteiger partial charge on any atom is 0.0547 e. The number of likely N-dealkylation sites (tertiary alicyclic amines) is 1. The van der Waals surface area contributed by atoms with Crippen molar-refractivity contribution in [1.82, 2.24) is 14.8 Å². The quantitative estimate of drug-likeness (QED) is 0.887. The number of nitrogens with zero attached hydrogens (tertiary/aromatic N) is 3. The average Bonchev–Trinajstić information content (AvgIpc) is 2.66. The molecule has 1 aromatic rings. The number of nitrogens with two attached hydrogens (primary N) is 1. The van der Waals surface area contributed by atoms with Crippen LogP contribution >= 0.6 is 0 Å². The molecule has 2 unspecified atom stereocenters. The van der Waals surface area contributed by atoms with Gasteiger partial charge in [0, 0.05) is 36.9 Å². The Morgan fingerprint density at radius 2 is 2.26 bits per heavy atom. The zero-order valence-corrected chi connectivity index (χ0v) is 12.6. The first kappa shape index (κ1) is 14.4. The maximum atomic E-state index is 6.09. The highest BCUT2D eigenvalue weighted by molar-refractivity contribution is 5.11. The van der Waals surface area contributed by atoms with Crippen LogP contribution in [0, 0.1) is 6.92 Å². The number of hydrogen-bond acceptors (Lipinski definition) is 4. The van der Waals surface area contributed by atoms with Gasteiger partial charge >= 0.3 is 0 Å². The van der Waals surface area contributed by atoms with Crippen LogP contribution in [0.3, 0.4) is 0 Å². The van der Waals surface area contributed by atoms with E-state index in [0.717, 1.165) is 30.9 Å². The molecule has 0 spiro atoms. The van der Waals surface area contributed by atoms with E-state index in [0.29, 0.717) is 12.6 Å². The third-order valence-corrected chi connectivity index (χ3v) is 4.51.